The Bertz CT molecular complexity index is 661. The van der Waals surface area contributed by atoms with E-state index in [2.05, 4.69) is 0 Å². The van der Waals surface area contributed by atoms with Crippen molar-refractivity contribution in [1.82, 2.24) is 4.90 Å². The van der Waals surface area contributed by atoms with Crippen LogP contribution in [-0.4, -0.2) is 36.7 Å². The summed E-state index contributed by atoms with van der Waals surface area (Å²) in [6.45, 7) is -0.0717. The molecule has 0 aliphatic carbocycles. The fraction of sp³-hybridized carbons (Fsp3) is 0.278. The Morgan fingerprint density at radius 1 is 1.22 bits per heavy atom. The topological polar surface area (TPSA) is 49.8 Å². The molecule has 2 rings (SSSR count). The fourth-order valence-corrected chi connectivity index (χ4v) is 2.55. The molecule has 0 fully saturated rings. The average molecular weight is 317 g/mol. The lowest BCUT2D eigenvalue weighted by Crippen LogP contribution is -2.32. The van der Waals surface area contributed by atoms with E-state index in [-0.39, 0.29) is 24.0 Å². The second kappa shape index (κ2) is 7.74. The summed E-state index contributed by atoms with van der Waals surface area (Å²) in [7, 11) is 2.96. The van der Waals surface area contributed by atoms with Crippen molar-refractivity contribution < 1.29 is 19.0 Å². The summed E-state index contributed by atoms with van der Waals surface area (Å²) in [6.07, 6.45) is 0.373. The summed E-state index contributed by atoms with van der Waals surface area (Å²) in [5.41, 5.74) is 0.839. The highest BCUT2D eigenvalue weighted by atomic mass is 19.1. The lowest BCUT2D eigenvalue weighted by Gasteiger charge is -2.28. The Labute approximate surface area is 135 Å². The van der Waals surface area contributed by atoms with Gasteiger partial charge in [-0.2, -0.15) is 0 Å². The number of carbonyl (C=O) groups excluding carboxylic acids is 1. The van der Waals surface area contributed by atoms with Crippen molar-refractivity contribution in [3.8, 4) is 5.75 Å². The second-order valence-corrected chi connectivity index (χ2v) is 5.18. The van der Waals surface area contributed by atoms with Crippen LogP contribution in [0.2, 0.25) is 0 Å². The highest BCUT2D eigenvalue weighted by molar-refractivity contribution is 5.95. The van der Waals surface area contributed by atoms with Gasteiger partial charge in [-0.15, -0.1) is 0 Å². The minimum absolute atomic E-state index is 0.0302. The molecule has 0 saturated carbocycles. The maximum Gasteiger partial charge on any atom is 0.257 e. The van der Waals surface area contributed by atoms with Gasteiger partial charge < -0.3 is 14.7 Å². The van der Waals surface area contributed by atoms with Crippen molar-refractivity contribution in [2.24, 2.45) is 0 Å². The number of amides is 1. The van der Waals surface area contributed by atoms with Crippen molar-refractivity contribution >= 4 is 5.91 Å². The van der Waals surface area contributed by atoms with Crippen molar-refractivity contribution in [2.75, 3.05) is 20.8 Å². The van der Waals surface area contributed by atoms with E-state index < -0.39 is 11.7 Å². The first kappa shape index (κ1) is 17.0. The molecule has 0 bridgehead atoms. The monoisotopic (exact) mass is 317 g/mol. The number of benzene rings is 2. The van der Waals surface area contributed by atoms with Gasteiger partial charge in [-0.1, -0.05) is 36.4 Å². The Hall–Kier alpha value is -2.40. The molecule has 23 heavy (non-hydrogen) atoms. The van der Waals surface area contributed by atoms with Crippen LogP contribution < -0.4 is 4.74 Å². The zero-order valence-corrected chi connectivity index (χ0v) is 13.2. The zero-order valence-electron chi connectivity index (χ0n) is 13.2. The third-order valence-electron chi connectivity index (χ3n) is 3.79. The molecule has 0 aliphatic heterocycles. The first-order valence-electron chi connectivity index (χ1n) is 7.35. The predicted molar refractivity (Wildman–Crippen MR) is 85.9 cm³/mol. The molecule has 1 atom stereocenters. The highest BCUT2D eigenvalue weighted by Crippen LogP contribution is 2.27. The van der Waals surface area contributed by atoms with Crippen LogP contribution >= 0.6 is 0 Å². The summed E-state index contributed by atoms with van der Waals surface area (Å²) in [5, 5.41) is 9.30. The molecule has 2 aromatic carbocycles. The number of aliphatic hydroxyl groups is 1. The smallest absolute Gasteiger partial charge is 0.257 e. The standard InChI is InChI=1S/C18H20FNO3/c1-20(15(11-12-21)13-7-4-3-5-8-13)18(22)14-9-6-10-16(23-2)17(14)19/h3-10,15,21H,11-12H2,1-2H3. The molecule has 5 heteroatoms. The minimum Gasteiger partial charge on any atom is -0.494 e. The Morgan fingerprint density at radius 2 is 1.91 bits per heavy atom. The molecule has 1 amide bonds. The van der Waals surface area contributed by atoms with Crippen LogP contribution in [0.25, 0.3) is 0 Å². The Balaban J connectivity index is 2.33. The first-order chi connectivity index (χ1) is 11.1. The average Bonchev–Trinajstić information content (AvgIpc) is 2.59. The first-order valence-corrected chi connectivity index (χ1v) is 7.35. The Kier molecular flexibility index (Phi) is 5.71. The summed E-state index contributed by atoms with van der Waals surface area (Å²) >= 11 is 0. The molecule has 0 heterocycles. The van der Waals surface area contributed by atoms with Crippen molar-refractivity contribution in [3.63, 3.8) is 0 Å². The number of carbonyl (C=O) groups is 1. The number of aliphatic hydroxyl groups excluding tert-OH is 1. The molecule has 1 unspecified atom stereocenters. The molecule has 1 N–H and O–H groups in total. The van der Waals surface area contributed by atoms with E-state index >= 15 is 0 Å². The summed E-state index contributed by atoms with van der Waals surface area (Å²) in [4.78, 5) is 14.1. The van der Waals surface area contributed by atoms with Gasteiger partial charge in [0.05, 0.1) is 18.7 Å². The van der Waals surface area contributed by atoms with E-state index in [1.54, 1.807) is 13.1 Å². The van der Waals surface area contributed by atoms with Crippen LogP contribution in [0.4, 0.5) is 4.39 Å². The van der Waals surface area contributed by atoms with Gasteiger partial charge in [-0.25, -0.2) is 4.39 Å². The lowest BCUT2D eigenvalue weighted by molar-refractivity contribution is 0.0699. The lowest BCUT2D eigenvalue weighted by atomic mass is 10.0. The van der Waals surface area contributed by atoms with Crippen LogP contribution in [0.1, 0.15) is 28.4 Å². The number of hydrogen-bond acceptors (Lipinski definition) is 3. The SMILES string of the molecule is COc1cccc(C(=O)N(C)C(CCO)c2ccccc2)c1F. The molecular formula is C18H20FNO3. The molecule has 4 nitrogen and oxygen atoms in total. The zero-order chi connectivity index (χ0) is 16.8. The third kappa shape index (κ3) is 3.68. The number of hydrogen-bond donors (Lipinski definition) is 1. The molecule has 0 aliphatic rings. The number of ether oxygens (including phenoxy) is 1. The minimum atomic E-state index is -0.678. The van der Waals surface area contributed by atoms with Gasteiger partial charge in [0.2, 0.25) is 0 Å². The summed E-state index contributed by atoms with van der Waals surface area (Å²) in [5.74, 6) is -1.10. The molecule has 122 valence electrons. The molecule has 0 saturated heterocycles. The van der Waals surface area contributed by atoms with Gasteiger partial charge in [0.25, 0.3) is 5.91 Å². The van der Waals surface area contributed by atoms with Crippen molar-refractivity contribution in [1.29, 1.82) is 0 Å². The van der Waals surface area contributed by atoms with E-state index in [0.717, 1.165) is 5.56 Å². The quantitative estimate of drug-likeness (QED) is 0.891. The second-order valence-electron chi connectivity index (χ2n) is 5.18. The van der Waals surface area contributed by atoms with Gasteiger partial charge >= 0.3 is 0 Å². The molecule has 0 aromatic heterocycles. The van der Waals surface area contributed by atoms with E-state index in [1.807, 2.05) is 30.3 Å². The Morgan fingerprint density at radius 3 is 2.52 bits per heavy atom. The van der Waals surface area contributed by atoms with E-state index in [9.17, 15) is 14.3 Å². The van der Waals surface area contributed by atoms with Crippen LogP contribution in [0.15, 0.2) is 48.5 Å². The van der Waals surface area contributed by atoms with Gasteiger partial charge in [0.15, 0.2) is 11.6 Å². The van der Waals surface area contributed by atoms with Gasteiger partial charge in [-0.3, -0.25) is 4.79 Å². The van der Waals surface area contributed by atoms with Gasteiger partial charge in [0.1, 0.15) is 0 Å². The number of halogens is 1. The summed E-state index contributed by atoms with van der Waals surface area (Å²) in [6, 6.07) is 13.5. The molecule has 2 aromatic rings. The highest BCUT2D eigenvalue weighted by Gasteiger charge is 2.25. The third-order valence-corrected chi connectivity index (χ3v) is 3.79. The fourth-order valence-electron chi connectivity index (χ4n) is 2.55. The van der Waals surface area contributed by atoms with Crippen LogP contribution in [0, 0.1) is 5.82 Å². The van der Waals surface area contributed by atoms with Crippen molar-refractivity contribution in [3.05, 3.63) is 65.5 Å². The molecular weight excluding hydrogens is 297 g/mol. The van der Waals surface area contributed by atoms with E-state index in [1.165, 1.54) is 24.1 Å². The van der Waals surface area contributed by atoms with Gasteiger partial charge in [-0.05, 0) is 24.1 Å². The van der Waals surface area contributed by atoms with Crippen LogP contribution in [0.5, 0.6) is 5.75 Å². The summed E-state index contributed by atoms with van der Waals surface area (Å²) < 4.78 is 19.2. The predicted octanol–water partition coefficient (Wildman–Crippen LogP) is 3.03. The number of nitrogens with zero attached hydrogens (tertiary/aromatic N) is 1. The molecule has 0 spiro atoms. The van der Waals surface area contributed by atoms with Gasteiger partial charge in [0, 0.05) is 13.7 Å². The van der Waals surface area contributed by atoms with E-state index in [4.69, 9.17) is 4.74 Å². The maximum atomic E-state index is 14.3. The normalized spacial score (nSPS) is 11.8. The largest absolute Gasteiger partial charge is 0.494 e. The van der Waals surface area contributed by atoms with Crippen LogP contribution in [-0.2, 0) is 0 Å². The molecule has 0 radical (unpaired) electrons. The number of rotatable bonds is 6. The van der Waals surface area contributed by atoms with E-state index in [0.29, 0.717) is 6.42 Å². The maximum absolute atomic E-state index is 14.3. The number of methoxy groups -OCH3 is 1. The van der Waals surface area contributed by atoms with Crippen LogP contribution in [0.3, 0.4) is 0 Å². The van der Waals surface area contributed by atoms with Crippen molar-refractivity contribution in [2.45, 2.75) is 12.5 Å².